The third-order valence-electron chi connectivity index (χ3n) is 10.2. The highest BCUT2D eigenvalue weighted by Gasteiger charge is 2.42. The molecule has 0 bridgehead atoms. The molecule has 1 aliphatic heterocycles. The maximum Gasteiger partial charge on any atom is 0.449 e. The van der Waals surface area contributed by atoms with E-state index in [-0.39, 0.29) is 76.9 Å². The first kappa shape index (κ1) is 51.4. The summed E-state index contributed by atoms with van der Waals surface area (Å²) in [6.45, 7) is 1.34. The number of aromatic nitrogens is 5. The Labute approximate surface area is 359 Å². The minimum atomic E-state index is -4.93. The van der Waals surface area contributed by atoms with Crippen LogP contribution in [0.5, 0.6) is 0 Å². The Balaban J connectivity index is 1.19. The van der Waals surface area contributed by atoms with Gasteiger partial charge in [0, 0.05) is 50.9 Å². The van der Waals surface area contributed by atoms with E-state index in [2.05, 4.69) is 22.2 Å². The fourth-order valence-electron chi connectivity index (χ4n) is 6.81. The van der Waals surface area contributed by atoms with Crippen LogP contribution in [-0.2, 0) is 57.8 Å². The van der Waals surface area contributed by atoms with Crippen LogP contribution in [-0.4, -0.2) is 161 Å². The zero-order valence-corrected chi connectivity index (χ0v) is 34.8. The first-order valence-corrected chi connectivity index (χ1v) is 20.5. The second-order valence-electron chi connectivity index (χ2n) is 15.1. The number of hydrogen-bond donors (Lipinski definition) is 6. The molecule has 5 atom stereocenters. The molecule has 0 fully saturated rings. The lowest BCUT2D eigenvalue weighted by atomic mass is 10.0. The van der Waals surface area contributed by atoms with Crippen LogP contribution in [0.2, 0.25) is 0 Å². The zero-order chi connectivity index (χ0) is 46.3. The van der Waals surface area contributed by atoms with Gasteiger partial charge in [-0.1, -0.05) is 31.4 Å². The smallest absolute Gasteiger partial charge is 0.449 e. The summed E-state index contributed by atoms with van der Waals surface area (Å²) in [5, 5.41) is 57.8. The van der Waals surface area contributed by atoms with Gasteiger partial charge in [-0.2, -0.15) is 13.2 Å². The number of nitrogens with zero attached hydrogens (tertiary/aromatic N) is 7. The largest absolute Gasteiger partial charge is 0.458 e. The first-order chi connectivity index (χ1) is 29.9. The van der Waals surface area contributed by atoms with Gasteiger partial charge < -0.3 is 54.9 Å². The monoisotopic (exact) mass is 910 g/mol. The van der Waals surface area contributed by atoms with Crippen molar-refractivity contribution in [1.29, 1.82) is 0 Å². The van der Waals surface area contributed by atoms with Crippen molar-refractivity contribution in [2.75, 3.05) is 59.3 Å². The van der Waals surface area contributed by atoms with Gasteiger partial charge in [-0.3, -0.25) is 9.69 Å². The van der Waals surface area contributed by atoms with Crippen molar-refractivity contribution < 1.29 is 75.7 Å². The molecule has 1 aromatic carbocycles. The van der Waals surface area contributed by atoms with E-state index in [1.165, 1.54) is 0 Å². The molecule has 1 amide bonds. The molecular formula is C39H56F6N8O10. The quantitative estimate of drug-likeness (QED) is 0.0270. The van der Waals surface area contributed by atoms with E-state index in [0.717, 1.165) is 35.2 Å². The Morgan fingerprint density at radius 2 is 1.60 bits per heavy atom. The number of fused-ring (bicyclic) bond motifs is 1. The maximum absolute atomic E-state index is 14.1. The fraction of sp³-hybridized carbons (Fsp3) is 0.667. The van der Waals surface area contributed by atoms with Crippen LogP contribution < -0.4 is 5.73 Å². The van der Waals surface area contributed by atoms with Crippen LogP contribution in [0.1, 0.15) is 72.3 Å². The Kier molecular flexibility index (Phi) is 20.1. The number of benzene rings is 1. The topological polar surface area (TPSA) is 244 Å². The third-order valence-corrected chi connectivity index (χ3v) is 10.2. The number of carbonyl (C=O) groups excluding carboxylic acids is 2. The van der Waals surface area contributed by atoms with Gasteiger partial charge in [-0.25, -0.2) is 27.6 Å². The van der Waals surface area contributed by atoms with E-state index >= 15 is 0 Å². The number of alkyl halides is 3. The Hall–Kier alpha value is -4.27. The van der Waals surface area contributed by atoms with Crippen LogP contribution in [0.4, 0.5) is 26.3 Å². The average Bonchev–Trinajstić information content (AvgIpc) is 3.87. The van der Waals surface area contributed by atoms with Crippen LogP contribution in [0.15, 0.2) is 18.3 Å². The summed E-state index contributed by atoms with van der Waals surface area (Å²) >= 11 is 0. The summed E-state index contributed by atoms with van der Waals surface area (Å²) in [7, 11) is 0. The molecule has 0 spiro atoms. The van der Waals surface area contributed by atoms with Gasteiger partial charge in [0.15, 0.2) is 17.3 Å². The highest BCUT2D eigenvalue weighted by molar-refractivity contribution is 5.89. The fourth-order valence-corrected chi connectivity index (χ4v) is 6.81. The molecule has 354 valence electrons. The van der Waals surface area contributed by atoms with E-state index in [4.69, 9.17) is 25.1 Å². The molecule has 0 radical (unpaired) electrons. The minimum Gasteiger partial charge on any atom is -0.458 e. The number of aliphatic hydroxyl groups is 5. The van der Waals surface area contributed by atoms with E-state index < -0.39 is 97.1 Å². The molecule has 3 aromatic rings. The Morgan fingerprint density at radius 1 is 0.921 bits per heavy atom. The molecular weight excluding hydrogens is 854 g/mol. The normalized spacial score (nSPS) is 15.6. The van der Waals surface area contributed by atoms with Crippen molar-refractivity contribution in [1.82, 2.24) is 34.3 Å². The molecule has 3 heterocycles. The van der Waals surface area contributed by atoms with Crippen molar-refractivity contribution >= 4 is 11.9 Å². The highest BCUT2D eigenvalue weighted by atomic mass is 19.4. The van der Waals surface area contributed by atoms with Gasteiger partial charge in [-0.05, 0) is 31.0 Å². The molecule has 2 aromatic heterocycles. The zero-order valence-electron chi connectivity index (χ0n) is 34.8. The Bertz CT molecular complexity index is 1910. The standard InChI is InChI=1S/C39H56F6N8O10/c1-2-3-4-5-6-50(22-31(55)35(58)36(59)32(56)23-54)19-26-20-52(49-48-26)9-10-61-11-12-62-13-14-63-37(60)34-30-21-51(7-8-53(30)38(47-34)39(43,44)45)33(57)17-25(46)15-24-16-28(41)29(42)18-27(24)40/h16,18,20,25,31-32,35-36,54-56,58-59H,2-15,17,19,21-23,46H2,1H3/t25-,31+,32-,35-,36-/m1/s1. The van der Waals surface area contributed by atoms with Gasteiger partial charge >= 0.3 is 12.1 Å². The number of amides is 1. The molecule has 0 aliphatic carbocycles. The number of imidazole rings is 1. The van der Waals surface area contributed by atoms with E-state index in [9.17, 15) is 56.4 Å². The molecule has 7 N–H and O–H groups in total. The van der Waals surface area contributed by atoms with E-state index in [0.29, 0.717) is 30.9 Å². The number of esters is 1. The number of nitrogens with two attached hydrogens (primary N) is 1. The summed E-state index contributed by atoms with van der Waals surface area (Å²) in [6, 6.07) is -0.0580. The van der Waals surface area contributed by atoms with Gasteiger partial charge in [0.25, 0.3) is 0 Å². The molecule has 0 saturated heterocycles. The second-order valence-corrected chi connectivity index (χ2v) is 15.1. The van der Waals surface area contributed by atoms with Crippen LogP contribution in [0.3, 0.4) is 0 Å². The van der Waals surface area contributed by atoms with E-state index in [1.807, 2.05) is 4.90 Å². The van der Waals surface area contributed by atoms with Crippen molar-refractivity contribution in [3.05, 3.63) is 64.3 Å². The lowest BCUT2D eigenvalue weighted by molar-refractivity contribution is -0.148. The van der Waals surface area contributed by atoms with Crippen LogP contribution >= 0.6 is 0 Å². The molecule has 0 unspecified atom stereocenters. The Morgan fingerprint density at radius 3 is 2.30 bits per heavy atom. The number of carbonyl (C=O) groups is 2. The molecule has 63 heavy (non-hydrogen) atoms. The SMILES string of the molecule is CCCCCCN(Cc1cn(CCOCCOCCOC(=O)c2nc(C(F)(F)F)n3c2CN(C(=O)C[C@H](N)Cc2cc(F)c(F)cc2F)CC3)nn1)C[C@H](O)[C@@H](O)[C@H](O)[C@H](O)CO. The van der Waals surface area contributed by atoms with E-state index in [1.54, 1.807) is 10.9 Å². The van der Waals surface area contributed by atoms with Crippen molar-refractivity contribution in [3.63, 3.8) is 0 Å². The number of hydrogen-bond acceptors (Lipinski definition) is 15. The van der Waals surface area contributed by atoms with Gasteiger partial charge in [0.2, 0.25) is 11.7 Å². The number of unbranched alkanes of at least 4 members (excludes halogenated alkanes) is 3. The average molecular weight is 911 g/mol. The summed E-state index contributed by atoms with van der Waals surface area (Å²) in [4.78, 5) is 32.5. The summed E-state index contributed by atoms with van der Waals surface area (Å²) in [5.41, 5.74) is 5.43. The molecule has 1 aliphatic rings. The number of ether oxygens (including phenoxy) is 3. The predicted molar refractivity (Wildman–Crippen MR) is 208 cm³/mol. The van der Waals surface area contributed by atoms with Crippen LogP contribution in [0.25, 0.3) is 0 Å². The molecule has 24 heteroatoms. The molecule has 0 saturated carbocycles. The molecule has 18 nitrogen and oxygen atoms in total. The summed E-state index contributed by atoms with van der Waals surface area (Å²) in [5.74, 6) is -6.89. The number of aliphatic hydroxyl groups excluding tert-OH is 5. The third kappa shape index (κ3) is 15.4. The van der Waals surface area contributed by atoms with Gasteiger partial charge in [0.05, 0.1) is 63.6 Å². The lowest BCUT2D eigenvalue weighted by Gasteiger charge is -2.30. The number of rotatable bonds is 27. The van der Waals surface area contributed by atoms with Crippen LogP contribution in [0, 0.1) is 17.5 Å². The predicted octanol–water partition coefficient (Wildman–Crippen LogP) is 0.921. The van der Waals surface area contributed by atoms with Crippen molar-refractivity contribution in [2.45, 2.75) is 108 Å². The summed E-state index contributed by atoms with van der Waals surface area (Å²) in [6.07, 6.45) is -6.66. The molecule has 4 rings (SSSR count). The van der Waals surface area contributed by atoms with Crippen molar-refractivity contribution in [2.24, 2.45) is 5.73 Å². The lowest BCUT2D eigenvalue weighted by Crippen LogP contribution is -2.49. The van der Waals surface area contributed by atoms with Crippen molar-refractivity contribution in [3.8, 4) is 0 Å². The van der Waals surface area contributed by atoms with Gasteiger partial charge in [0.1, 0.15) is 30.7 Å². The second kappa shape index (κ2) is 24.7. The summed E-state index contributed by atoms with van der Waals surface area (Å²) < 4.78 is 101. The van der Waals surface area contributed by atoms with Gasteiger partial charge in [-0.15, -0.1) is 5.10 Å². The first-order valence-electron chi connectivity index (χ1n) is 20.5. The maximum atomic E-state index is 14.1. The number of halogens is 6. The minimum absolute atomic E-state index is 0.0422. The highest BCUT2D eigenvalue weighted by Crippen LogP contribution is 2.33.